The van der Waals surface area contributed by atoms with Crippen LogP contribution in [0.1, 0.15) is 27.3 Å². The Bertz CT molecular complexity index is 1110. The highest BCUT2D eigenvalue weighted by atomic mass is 35.5. The number of methoxy groups -OCH3 is 1. The number of aryl methyl sites for hydroxylation is 2. The zero-order chi connectivity index (χ0) is 21.8. The van der Waals surface area contributed by atoms with E-state index in [1.165, 1.54) is 11.8 Å². The van der Waals surface area contributed by atoms with Crippen LogP contribution < -0.4 is 15.4 Å². The van der Waals surface area contributed by atoms with E-state index in [1.807, 2.05) is 32.0 Å². The number of amides is 2. The lowest BCUT2D eigenvalue weighted by molar-refractivity contribution is -0.117. The summed E-state index contributed by atoms with van der Waals surface area (Å²) < 4.78 is 6.47. The summed E-state index contributed by atoms with van der Waals surface area (Å²) in [6, 6.07) is 10.7. The highest BCUT2D eigenvalue weighted by molar-refractivity contribution is 6.32. The van der Waals surface area contributed by atoms with Crippen molar-refractivity contribution in [3.8, 4) is 5.75 Å². The molecule has 156 valence electrons. The summed E-state index contributed by atoms with van der Waals surface area (Å²) in [6.07, 6.45) is 0. The van der Waals surface area contributed by atoms with Crippen LogP contribution in [-0.2, 0) is 11.3 Å². The maximum atomic E-state index is 12.6. The number of nitrogens with one attached hydrogen (secondary N) is 2. The fraction of sp³-hybridized carbons (Fsp3) is 0.238. The van der Waals surface area contributed by atoms with Crippen molar-refractivity contribution in [2.45, 2.75) is 27.3 Å². The molecule has 1 heterocycles. The molecule has 0 aliphatic rings. The largest absolute Gasteiger partial charge is 0.495 e. The maximum Gasteiger partial charge on any atom is 0.278 e. The van der Waals surface area contributed by atoms with Gasteiger partial charge in [-0.05, 0) is 56.2 Å². The summed E-state index contributed by atoms with van der Waals surface area (Å²) in [5.41, 5.74) is 3.86. The highest BCUT2D eigenvalue weighted by Gasteiger charge is 2.19. The molecule has 0 saturated carbocycles. The van der Waals surface area contributed by atoms with Gasteiger partial charge in [-0.3, -0.25) is 9.59 Å². The maximum absolute atomic E-state index is 12.6. The first-order valence-electron chi connectivity index (χ1n) is 9.20. The van der Waals surface area contributed by atoms with Crippen LogP contribution in [0.15, 0.2) is 36.4 Å². The minimum absolute atomic E-state index is 0.0980. The first-order valence-corrected chi connectivity index (χ1v) is 9.58. The second kappa shape index (κ2) is 8.96. The average molecular weight is 428 g/mol. The number of rotatable bonds is 6. The van der Waals surface area contributed by atoms with Crippen molar-refractivity contribution in [2.24, 2.45) is 0 Å². The molecule has 0 radical (unpaired) electrons. The number of aromatic nitrogens is 3. The summed E-state index contributed by atoms with van der Waals surface area (Å²) in [4.78, 5) is 25.0. The van der Waals surface area contributed by atoms with Gasteiger partial charge in [-0.2, -0.15) is 0 Å². The first-order chi connectivity index (χ1) is 14.3. The molecule has 3 aromatic rings. The number of carbonyl (C=O) groups excluding carboxylic acids is 2. The fourth-order valence-electron chi connectivity index (χ4n) is 2.85. The first kappa shape index (κ1) is 21.3. The van der Waals surface area contributed by atoms with E-state index in [-0.39, 0.29) is 24.1 Å². The lowest BCUT2D eigenvalue weighted by Gasteiger charge is -2.09. The molecule has 0 bridgehead atoms. The van der Waals surface area contributed by atoms with E-state index in [4.69, 9.17) is 16.3 Å². The molecule has 2 aromatic carbocycles. The second-order valence-electron chi connectivity index (χ2n) is 6.85. The Morgan fingerprint density at radius 3 is 2.57 bits per heavy atom. The van der Waals surface area contributed by atoms with E-state index in [0.717, 1.165) is 11.1 Å². The minimum Gasteiger partial charge on any atom is -0.495 e. The molecule has 0 atom stereocenters. The summed E-state index contributed by atoms with van der Waals surface area (Å²) in [7, 11) is 1.51. The van der Waals surface area contributed by atoms with Crippen LogP contribution in [0.25, 0.3) is 0 Å². The number of ether oxygens (including phenoxy) is 1. The Labute approximate surface area is 179 Å². The third kappa shape index (κ3) is 4.77. The van der Waals surface area contributed by atoms with Crippen LogP contribution in [0.2, 0.25) is 5.02 Å². The van der Waals surface area contributed by atoms with Gasteiger partial charge in [-0.1, -0.05) is 28.9 Å². The Kier molecular flexibility index (Phi) is 6.37. The molecule has 8 nitrogen and oxygen atoms in total. The number of nitrogens with zero attached hydrogens (tertiary/aromatic N) is 3. The third-order valence-electron chi connectivity index (χ3n) is 4.57. The second-order valence-corrected chi connectivity index (χ2v) is 7.26. The van der Waals surface area contributed by atoms with Crippen LogP contribution in [0.5, 0.6) is 5.75 Å². The molecule has 0 unspecified atom stereocenters. The van der Waals surface area contributed by atoms with Gasteiger partial charge in [0.15, 0.2) is 5.69 Å². The molecule has 0 spiro atoms. The normalized spacial score (nSPS) is 10.6. The quantitative estimate of drug-likeness (QED) is 0.624. The smallest absolute Gasteiger partial charge is 0.278 e. The number of halogens is 1. The van der Waals surface area contributed by atoms with Crippen LogP contribution in [0.4, 0.5) is 11.4 Å². The molecule has 3 rings (SSSR count). The van der Waals surface area contributed by atoms with Crippen LogP contribution >= 0.6 is 11.6 Å². The van der Waals surface area contributed by atoms with Gasteiger partial charge in [0.05, 0.1) is 17.8 Å². The highest BCUT2D eigenvalue weighted by Crippen LogP contribution is 2.27. The van der Waals surface area contributed by atoms with Crippen molar-refractivity contribution in [1.29, 1.82) is 0 Å². The van der Waals surface area contributed by atoms with E-state index >= 15 is 0 Å². The van der Waals surface area contributed by atoms with Crippen molar-refractivity contribution in [3.05, 3.63) is 63.9 Å². The number of benzene rings is 2. The van der Waals surface area contributed by atoms with Crippen molar-refractivity contribution in [1.82, 2.24) is 15.0 Å². The van der Waals surface area contributed by atoms with Crippen LogP contribution in [0.3, 0.4) is 0 Å². The monoisotopic (exact) mass is 427 g/mol. The molecule has 1 aromatic heterocycles. The number of anilines is 2. The van der Waals surface area contributed by atoms with E-state index in [2.05, 4.69) is 20.9 Å². The number of carbonyl (C=O) groups is 2. The molecule has 2 amide bonds. The van der Waals surface area contributed by atoms with Gasteiger partial charge < -0.3 is 15.4 Å². The molecule has 0 aliphatic carbocycles. The number of hydrogen-bond acceptors (Lipinski definition) is 5. The molecule has 0 fully saturated rings. The van der Waals surface area contributed by atoms with Gasteiger partial charge in [0.2, 0.25) is 5.91 Å². The zero-order valence-electron chi connectivity index (χ0n) is 17.1. The average Bonchev–Trinajstić information content (AvgIpc) is 3.05. The van der Waals surface area contributed by atoms with Crippen molar-refractivity contribution < 1.29 is 14.3 Å². The van der Waals surface area contributed by atoms with E-state index in [1.54, 1.807) is 25.1 Å². The van der Waals surface area contributed by atoms with Gasteiger partial charge in [-0.15, -0.1) is 5.10 Å². The Morgan fingerprint density at radius 1 is 1.10 bits per heavy atom. The Balaban J connectivity index is 1.68. The lowest BCUT2D eigenvalue weighted by Crippen LogP contribution is -2.21. The van der Waals surface area contributed by atoms with E-state index in [9.17, 15) is 9.59 Å². The van der Waals surface area contributed by atoms with Gasteiger partial charge in [-0.25, -0.2) is 4.68 Å². The van der Waals surface area contributed by atoms with Gasteiger partial charge in [0.1, 0.15) is 12.3 Å². The van der Waals surface area contributed by atoms with E-state index < -0.39 is 0 Å². The molecule has 30 heavy (non-hydrogen) atoms. The van der Waals surface area contributed by atoms with Gasteiger partial charge >= 0.3 is 0 Å². The fourth-order valence-corrected chi connectivity index (χ4v) is 3.11. The molecule has 9 heteroatoms. The summed E-state index contributed by atoms with van der Waals surface area (Å²) in [5, 5.41) is 13.9. The Morgan fingerprint density at radius 2 is 1.87 bits per heavy atom. The lowest BCUT2D eigenvalue weighted by atomic mass is 10.1. The zero-order valence-corrected chi connectivity index (χ0v) is 17.9. The predicted octanol–water partition coefficient (Wildman–Crippen LogP) is 3.76. The van der Waals surface area contributed by atoms with Gasteiger partial charge in [0, 0.05) is 11.4 Å². The third-order valence-corrected chi connectivity index (χ3v) is 4.86. The molecule has 2 N–H and O–H groups in total. The Hall–Kier alpha value is -3.39. The van der Waals surface area contributed by atoms with Gasteiger partial charge in [0.25, 0.3) is 5.91 Å². The predicted molar refractivity (Wildman–Crippen MR) is 115 cm³/mol. The molecular weight excluding hydrogens is 406 g/mol. The SMILES string of the molecule is COc1ccc(NC(=O)Cn2nnc(C(=O)Nc3cc(C)ccc3C)c2C)cc1Cl. The number of hydrogen-bond donors (Lipinski definition) is 2. The minimum atomic E-state index is -0.380. The van der Waals surface area contributed by atoms with E-state index in [0.29, 0.717) is 27.8 Å². The molecular formula is C21H22ClN5O3. The topological polar surface area (TPSA) is 98.1 Å². The summed E-state index contributed by atoms with van der Waals surface area (Å²) in [6.45, 7) is 5.45. The molecule has 0 aliphatic heterocycles. The van der Waals surface area contributed by atoms with Crippen LogP contribution in [0, 0.1) is 20.8 Å². The van der Waals surface area contributed by atoms with Crippen molar-refractivity contribution >= 4 is 34.8 Å². The van der Waals surface area contributed by atoms with Crippen LogP contribution in [-0.4, -0.2) is 33.9 Å². The van der Waals surface area contributed by atoms with Crippen molar-refractivity contribution in [2.75, 3.05) is 17.7 Å². The summed E-state index contributed by atoms with van der Waals surface area (Å²) in [5.74, 6) is -0.193. The summed E-state index contributed by atoms with van der Waals surface area (Å²) >= 11 is 6.08. The molecule has 0 saturated heterocycles. The van der Waals surface area contributed by atoms with Crippen molar-refractivity contribution in [3.63, 3.8) is 0 Å². The standard InChI is InChI=1S/C21H22ClN5O3/c1-12-5-6-13(2)17(9-12)24-21(29)20-14(3)27(26-25-20)11-19(28)23-15-7-8-18(30-4)16(22)10-15/h5-10H,11H2,1-4H3,(H,23,28)(H,24,29).